The molecule has 0 rings (SSSR count). The molecule has 0 amide bonds. The van der Waals surface area contributed by atoms with Gasteiger partial charge >= 0.3 is 0 Å². The minimum Gasteiger partial charge on any atom is -0.410 e. The lowest BCUT2D eigenvalue weighted by Gasteiger charge is -2.32. The molecule has 0 aromatic rings. The number of quaternary nitrogens is 1. The zero-order chi connectivity index (χ0) is 11.9. The molecule has 0 saturated carbocycles. The predicted molar refractivity (Wildman–Crippen MR) is 68.7 cm³/mol. The summed E-state index contributed by atoms with van der Waals surface area (Å²) in [4.78, 5) is 0. The monoisotopic (exact) mass is 233 g/mol. The smallest absolute Gasteiger partial charge is 0.115 e. The molecule has 0 atom stereocenters. The zero-order valence-electron chi connectivity index (χ0n) is 10.7. The Balaban J connectivity index is 3.97. The first-order valence-electron chi connectivity index (χ1n) is 5.67. The van der Waals surface area contributed by atoms with Gasteiger partial charge in [-0.05, 0) is 13.8 Å². The van der Waals surface area contributed by atoms with Crippen LogP contribution in [0.4, 0.5) is 0 Å². The van der Waals surface area contributed by atoms with Gasteiger partial charge in [-0.15, -0.1) is 11.8 Å². The topological polar surface area (TPSA) is 32.6 Å². The van der Waals surface area contributed by atoms with Crippen LogP contribution in [0.25, 0.3) is 0 Å². The van der Waals surface area contributed by atoms with Gasteiger partial charge in [-0.2, -0.15) is 0 Å². The Morgan fingerprint density at radius 2 is 1.87 bits per heavy atom. The van der Waals surface area contributed by atoms with Gasteiger partial charge in [0.25, 0.3) is 0 Å². The van der Waals surface area contributed by atoms with Crippen LogP contribution in [0.2, 0.25) is 0 Å². The van der Waals surface area contributed by atoms with Crippen molar-refractivity contribution in [3.8, 4) is 0 Å². The van der Waals surface area contributed by atoms with E-state index in [4.69, 9.17) is 5.21 Å². The molecule has 0 unspecified atom stereocenters. The molecule has 15 heavy (non-hydrogen) atoms. The summed E-state index contributed by atoms with van der Waals surface area (Å²) in [5.74, 6) is 1.34. The molecule has 0 spiro atoms. The second-order valence-corrected chi connectivity index (χ2v) is 5.53. The van der Waals surface area contributed by atoms with E-state index in [1.54, 1.807) is 11.8 Å². The summed E-state index contributed by atoms with van der Waals surface area (Å²) in [6.07, 6.45) is 0. The minimum absolute atomic E-state index is 0.321. The zero-order valence-corrected chi connectivity index (χ0v) is 11.5. The van der Waals surface area contributed by atoms with E-state index in [2.05, 4.69) is 39.9 Å². The van der Waals surface area contributed by atoms with Crippen LogP contribution >= 0.6 is 11.8 Å². The SMILES string of the molecule is CC[N+](C)(CC)CCS/C(=N/O)C(C)C. The largest absolute Gasteiger partial charge is 0.410 e. The van der Waals surface area contributed by atoms with E-state index in [9.17, 15) is 0 Å². The summed E-state index contributed by atoms with van der Waals surface area (Å²) < 4.78 is 1.09. The van der Waals surface area contributed by atoms with Crippen LogP contribution in [0.15, 0.2) is 5.16 Å². The summed E-state index contributed by atoms with van der Waals surface area (Å²) in [6.45, 7) is 12.0. The van der Waals surface area contributed by atoms with Crippen LogP contribution in [-0.4, -0.2) is 47.2 Å². The summed E-state index contributed by atoms with van der Waals surface area (Å²) >= 11 is 1.67. The molecule has 0 bridgehead atoms. The normalized spacial score (nSPS) is 13.6. The van der Waals surface area contributed by atoms with E-state index in [1.807, 2.05) is 0 Å². The highest BCUT2D eigenvalue weighted by molar-refractivity contribution is 8.13. The third kappa shape index (κ3) is 5.42. The fraction of sp³-hybridized carbons (Fsp3) is 0.909. The third-order valence-corrected chi connectivity index (χ3v) is 4.24. The van der Waals surface area contributed by atoms with Crippen molar-refractivity contribution in [2.24, 2.45) is 11.1 Å². The first-order chi connectivity index (χ1) is 6.99. The number of oxime groups is 1. The second-order valence-electron chi connectivity index (χ2n) is 4.42. The van der Waals surface area contributed by atoms with Crippen molar-refractivity contribution in [2.45, 2.75) is 27.7 Å². The highest BCUT2D eigenvalue weighted by atomic mass is 32.2. The Kier molecular flexibility index (Phi) is 7.02. The van der Waals surface area contributed by atoms with Gasteiger partial charge in [0.2, 0.25) is 0 Å². The lowest BCUT2D eigenvalue weighted by atomic mass is 10.2. The third-order valence-electron chi connectivity index (χ3n) is 3.00. The van der Waals surface area contributed by atoms with E-state index in [0.717, 1.165) is 34.9 Å². The van der Waals surface area contributed by atoms with Crippen LogP contribution < -0.4 is 0 Å². The Bertz CT molecular complexity index is 201. The van der Waals surface area contributed by atoms with Crippen molar-refractivity contribution in [2.75, 3.05) is 32.4 Å². The first-order valence-corrected chi connectivity index (χ1v) is 6.66. The fourth-order valence-corrected chi connectivity index (χ4v) is 2.35. The van der Waals surface area contributed by atoms with Crippen molar-refractivity contribution in [3.05, 3.63) is 0 Å². The van der Waals surface area contributed by atoms with E-state index in [0.29, 0.717) is 5.92 Å². The molecule has 1 N–H and O–H groups in total. The fourth-order valence-electron chi connectivity index (χ4n) is 1.22. The van der Waals surface area contributed by atoms with E-state index < -0.39 is 0 Å². The highest BCUT2D eigenvalue weighted by Crippen LogP contribution is 2.14. The Morgan fingerprint density at radius 3 is 2.20 bits per heavy atom. The van der Waals surface area contributed by atoms with Gasteiger partial charge in [0.15, 0.2) is 0 Å². The Morgan fingerprint density at radius 1 is 1.33 bits per heavy atom. The molecular formula is C11H25N2OS+. The maximum absolute atomic E-state index is 8.80. The summed E-state index contributed by atoms with van der Waals surface area (Å²) in [6, 6.07) is 0. The maximum Gasteiger partial charge on any atom is 0.115 e. The number of hydrogen-bond donors (Lipinski definition) is 1. The van der Waals surface area contributed by atoms with Crippen LogP contribution in [0.5, 0.6) is 0 Å². The maximum atomic E-state index is 8.80. The van der Waals surface area contributed by atoms with Crippen LogP contribution in [0, 0.1) is 5.92 Å². The van der Waals surface area contributed by atoms with Gasteiger partial charge in [0, 0.05) is 11.7 Å². The van der Waals surface area contributed by atoms with E-state index in [1.165, 1.54) is 0 Å². The molecular weight excluding hydrogens is 208 g/mol. The molecule has 90 valence electrons. The van der Waals surface area contributed by atoms with Crippen LogP contribution in [-0.2, 0) is 0 Å². The van der Waals surface area contributed by atoms with Crippen LogP contribution in [0.3, 0.4) is 0 Å². The molecule has 0 aromatic heterocycles. The number of rotatable bonds is 6. The van der Waals surface area contributed by atoms with Gasteiger partial charge in [-0.25, -0.2) is 0 Å². The van der Waals surface area contributed by atoms with Crippen molar-refractivity contribution in [1.82, 2.24) is 0 Å². The van der Waals surface area contributed by atoms with Crippen molar-refractivity contribution < 1.29 is 9.69 Å². The van der Waals surface area contributed by atoms with Crippen LogP contribution in [0.1, 0.15) is 27.7 Å². The molecule has 4 heteroatoms. The summed E-state index contributed by atoms with van der Waals surface area (Å²) in [7, 11) is 2.27. The summed E-state index contributed by atoms with van der Waals surface area (Å²) in [5.41, 5.74) is 0. The average molecular weight is 233 g/mol. The van der Waals surface area contributed by atoms with E-state index >= 15 is 0 Å². The molecule has 0 radical (unpaired) electrons. The van der Waals surface area contributed by atoms with E-state index in [-0.39, 0.29) is 0 Å². The predicted octanol–water partition coefficient (Wildman–Crippen LogP) is 2.65. The van der Waals surface area contributed by atoms with Crippen molar-refractivity contribution >= 4 is 16.8 Å². The summed E-state index contributed by atoms with van der Waals surface area (Å²) in [5, 5.41) is 13.0. The van der Waals surface area contributed by atoms with Gasteiger partial charge in [0.1, 0.15) is 5.04 Å². The van der Waals surface area contributed by atoms with Crippen molar-refractivity contribution in [3.63, 3.8) is 0 Å². The average Bonchev–Trinajstić information content (AvgIpc) is 2.23. The first kappa shape index (κ1) is 14.8. The van der Waals surface area contributed by atoms with Crippen molar-refractivity contribution in [1.29, 1.82) is 0 Å². The Labute approximate surface area is 98.1 Å². The second kappa shape index (κ2) is 7.12. The Hall–Kier alpha value is -0.220. The van der Waals surface area contributed by atoms with Gasteiger partial charge in [-0.1, -0.05) is 19.0 Å². The minimum atomic E-state index is 0.321. The molecule has 0 aliphatic carbocycles. The molecule has 0 fully saturated rings. The lowest BCUT2D eigenvalue weighted by molar-refractivity contribution is -0.903. The highest BCUT2D eigenvalue weighted by Gasteiger charge is 2.17. The lowest BCUT2D eigenvalue weighted by Crippen LogP contribution is -2.45. The molecule has 0 aliphatic rings. The molecule has 0 aliphatic heterocycles. The molecule has 0 saturated heterocycles. The molecule has 0 aromatic carbocycles. The quantitative estimate of drug-likeness (QED) is 0.251. The molecule has 0 heterocycles. The number of thioether (sulfide) groups is 1. The van der Waals surface area contributed by atoms with Gasteiger partial charge < -0.3 is 9.69 Å². The standard InChI is InChI=1S/C11H24N2OS/c1-6-13(5,7-2)8-9-15-11(12-14)10(3)4/h10H,6-9H2,1-5H3/p+1/b12-11+. The number of nitrogens with zero attached hydrogens (tertiary/aromatic N) is 2. The van der Waals surface area contributed by atoms with Gasteiger partial charge in [0.05, 0.1) is 26.7 Å². The number of hydrogen-bond acceptors (Lipinski definition) is 3. The molecule has 3 nitrogen and oxygen atoms in total. The van der Waals surface area contributed by atoms with Gasteiger partial charge in [-0.3, -0.25) is 0 Å².